The van der Waals surface area contributed by atoms with Crippen LogP contribution in [0.25, 0.3) is 0 Å². The van der Waals surface area contributed by atoms with Gasteiger partial charge in [-0.3, -0.25) is 15.0 Å². The molecule has 2 aromatic rings. The van der Waals surface area contributed by atoms with Gasteiger partial charge < -0.3 is 5.32 Å². The number of piperidine rings is 1. The molecule has 0 saturated carbocycles. The van der Waals surface area contributed by atoms with Gasteiger partial charge in [0.15, 0.2) is 0 Å². The molecule has 23 heavy (non-hydrogen) atoms. The average Bonchev–Trinajstić information content (AvgIpc) is 2.56. The number of aromatic nitrogens is 2. The summed E-state index contributed by atoms with van der Waals surface area (Å²) in [4.78, 5) is 21.4. The quantitative estimate of drug-likeness (QED) is 0.674. The Bertz CT molecular complexity index is 665. The number of hydrogen-bond donors (Lipinski definition) is 1. The lowest BCUT2D eigenvalue weighted by Crippen LogP contribution is -2.42. The number of hydrogen-bond acceptors (Lipinski definition) is 6. The van der Waals surface area contributed by atoms with Gasteiger partial charge in [0, 0.05) is 43.2 Å². The van der Waals surface area contributed by atoms with Crippen LogP contribution in [0.3, 0.4) is 0 Å². The van der Waals surface area contributed by atoms with Gasteiger partial charge in [-0.1, -0.05) is 18.2 Å². The van der Waals surface area contributed by atoms with Crippen molar-refractivity contribution in [2.24, 2.45) is 0 Å². The van der Waals surface area contributed by atoms with E-state index >= 15 is 0 Å². The fourth-order valence-electron chi connectivity index (χ4n) is 2.94. The van der Waals surface area contributed by atoms with Crippen molar-refractivity contribution >= 4 is 11.6 Å². The highest BCUT2D eigenvalue weighted by molar-refractivity contribution is 5.39. The number of anilines is 1. The van der Waals surface area contributed by atoms with E-state index in [-0.39, 0.29) is 16.7 Å². The smallest absolute Gasteiger partial charge is 0.273 e. The van der Waals surface area contributed by atoms with Gasteiger partial charge in [-0.15, -0.1) is 0 Å². The second-order valence-corrected chi connectivity index (χ2v) is 5.68. The first-order valence-electron chi connectivity index (χ1n) is 7.70. The summed E-state index contributed by atoms with van der Waals surface area (Å²) in [7, 11) is 0. The standard InChI is InChI=1S/C16H19N5O2/c22-21(23)15-7-2-1-5-13(15)11-20-10-3-6-14(12-20)19-16-17-8-4-9-18-16/h1-2,4-5,7-9,14H,3,6,10-12H2,(H,17,18,19). The number of nitrogens with one attached hydrogen (secondary N) is 1. The zero-order valence-electron chi connectivity index (χ0n) is 12.8. The molecule has 1 atom stereocenters. The molecule has 2 heterocycles. The molecular weight excluding hydrogens is 294 g/mol. The Morgan fingerprint density at radius 3 is 2.83 bits per heavy atom. The molecule has 120 valence electrons. The van der Waals surface area contributed by atoms with Crippen molar-refractivity contribution in [3.63, 3.8) is 0 Å². The van der Waals surface area contributed by atoms with E-state index in [0.29, 0.717) is 12.5 Å². The molecule has 1 aliphatic heterocycles. The molecule has 0 aliphatic carbocycles. The lowest BCUT2D eigenvalue weighted by molar-refractivity contribution is -0.385. The van der Waals surface area contributed by atoms with Crippen LogP contribution in [-0.2, 0) is 6.54 Å². The van der Waals surface area contributed by atoms with Gasteiger partial charge in [0.1, 0.15) is 0 Å². The van der Waals surface area contributed by atoms with E-state index in [1.54, 1.807) is 30.6 Å². The van der Waals surface area contributed by atoms with Crippen molar-refractivity contribution in [1.29, 1.82) is 0 Å². The Morgan fingerprint density at radius 2 is 2.04 bits per heavy atom. The largest absolute Gasteiger partial charge is 0.350 e. The third-order valence-electron chi connectivity index (χ3n) is 3.99. The van der Waals surface area contributed by atoms with E-state index in [1.165, 1.54) is 0 Å². The van der Waals surface area contributed by atoms with E-state index in [4.69, 9.17) is 0 Å². The van der Waals surface area contributed by atoms with Crippen molar-refractivity contribution in [3.8, 4) is 0 Å². The monoisotopic (exact) mass is 313 g/mol. The second kappa shape index (κ2) is 7.15. The van der Waals surface area contributed by atoms with E-state index in [9.17, 15) is 10.1 Å². The van der Waals surface area contributed by atoms with Gasteiger partial charge >= 0.3 is 0 Å². The van der Waals surface area contributed by atoms with Gasteiger partial charge in [0.05, 0.1) is 4.92 Å². The van der Waals surface area contributed by atoms with Crippen molar-refractivity contribution < 1.29 is 4.92 Å². The highest BCUT2D eigenvalue weighted by atomic mass is 16.6. The lowest BCUT2D eigenvalue weighted by atomic mass is 10.0. The summed E-state index contributed by atoms with van der Waals surface area (Å²) in [6.07, 6.45) is 5.52. The Balaban J connectivity index is 1.64. The summed E-state index contributed by atoms with van der Waals surface area (Å²) in [5.41, 5.74) is 0.947. The molecular formula is C16H19N5O2. The summed E-state index contributed by atoms with van der Waals surface area (Å²) in [5.74, 6) is 0.630. The van der Waals surface area contributed by atoms with Crippen molar-refractivity contribution in [2.75, 3.05) is 18.4 Å². The van der Waals surface area contributed by atoms with Gasteiger partial charge in [-0.25, -0.2) is 9.97 Å². The summed E-state index contributed by atoms with van der Waals surface area (Å²) >= 11 is 0. The Kier molecular flexibility index (Phi) is 4.77. The van der Waals surface area contributed by atoms with Crippen LogP contribution in [0.4, 0.5) is 11.6 Å². The number of rotatable bonds is 5. The third kappa shape index (κ3) is 4.01. The van der Waals surface area contributed by atoms with Crippen LogP contribution < -0.4 is 5.32 Å². The van der Waals surface area contributed by atoms with Crippen molar-refractivity contribution in [1.82, 2.24) is 14.9 Å². The molecule has 1 fully saturated rings. The summed E-state index contributed by atoms with van der Waals surface area (Å²) in [6.45, 7) is 2.36. The molecule has 0 bridgehead atoms. The maximum absolute atomic E-state index is 11.1. The molecule has 0 radical (unpaired) electrons. The van der Waals surface area contributed by atoms with Gasteiger partial charge in [-0.2, -0.15) is 0 Å². The van der Waals surface area contributed by atoms with E-state index in [2.05, 4.69) is 20.2 Å². The Morgan fingerprint density at radius 1 is 1.26 bits per heavy atom. The highest BCUT2D eigenvalue weighted by Crippen LogP contribution is 2.22. The molecule has 1 unspecified atom stereocenters. The molecule has 1 aromatic heterocycles. The molecule has 7 heteroatoms. The zero-order valence-corrected chi connectivity index (χ0v) is 12.8. The van der Waals surface area contributed by atoms with Crippen LogP contribution in [0.1, 0.15) is 18.4 Å². The summed E-state index contributed by atoms with van der Waals surface area (Å²) < 4.78 is 0. The molecule has 1 N–H and O–H groups in total. The molecule has 1 aliphatic rings. The topological polar surface area (TPSA) is 84.2 Å². The van der Waals surface area contributed by atoms with E-state index in [0.717, 1.165) is 31.5 Å². The molecule has 3 rings (SSSR count). The minimum atomic E-state index is -0.313. The van der Waals surface area contributed by atoms with Crippen LogP contribution in [0.2, 0.25) is 0 Å². The van der Waals surface area contributed by atoms with Crippen molar-refractivity contribution in [3.05, 3.63) is 58.4 Å². The highest BCUT2D eigenvalue weighted by Gasteiger charge is 2.22. The number of nitro groups is 1. The molecule has 1 aromatic carbocycles. The number of nitrogens with zero attached hydrogens (tertiary/aromatic N) is 4. The SMILES string of the molecule is O=[N+]([O-])c1ccccc1CN1CCCC(Nc2ncccn2)C1. The number of nitro benzene ring substituents is 1. The van der Waals surface area contributed by atoms with Gasteiger partial charge in [0.2, 0.25) is 5.95 Å². The number of benzene rings is 1. The first-order valence-corrected chi connectivity index (χ1v) is 7.70. The molecule has 0 amide bonds. The average molecular weight is 313 g/mol. The van der Waals surface area contributed by atoms with Crippen LogP contribution in [-0.4, -0.2) is 38.9 Å². The number of para-hydroxylation sites is 1. The van der Waals surface area contributed by atoms with Crippen LogP contribution in [0, 0.1) is 10.1 Å². The lowest BCUT2D eigenvalue weighted by Gasteiger charge is -2.33. The van der Waals surface area contributed by atoms with Crippen molar-refractivity contribution in [2.45, 2.75) is 25.4 Å². The first kappa shape index (κ1) is 15.4. The van der Waals surface area contributed by atoms with Crippen LogP contribution in [0.5, 0.6) is 0 Å². The second-order valence-electron chi connectivity index (χ2n) is 5.68. The minimum Gasteiger partial charge on any atom is -0.350 e. The predicted octanol–water partition coefficient (Wildman–Crippen LogP) is 2.46. The molecule has 0 spiro atoms. The predicted molar refractivity (Wildman–Crippen MR) is 87.1 cm³/mol. The first-order chi connectivity index (χ1) is 11.2. The third-order valence-corrected chi connectivity index (χ3v) is 3.99. The maximum Gasteiger partial charge on any atom is 0.273 e. The Hall–Kier alpha value is -2.54. The summed E-state index contributed by atoms with van der Waals surface area (Å²) in [6, 6.07) is 8.98. The van der Waals surface area contributed by atoms with Crippen LogP contribution >= 0.6 is 0 Å². The molecule has 7 nitrogen and oxygen atoms in total. The van der Waals surface area contributed by atoms with E-state index in [1.807, 2.05) is 12.1 Å². The normalized spacial score (nSPS) is 18.5. The Labute approximate surface area is 134 Å². The zero-order chi connectivity index (χ0) is 16.1. The van der Waals surface area contributed by atoms with Gasteiger partial charge in [-0.05, 0) is 25.5 Å². The fourth-order valence-corrected chi connectivity index (χ4v) is 2.94. The fraction of sp³-hybridized carbons (Fsp3) is 0.375. The number of likely N-dealkylation sites (tertiary alicyclic amines) is 1. The molecule has 1 saturated heterocycles. The van der Waals surface area contributed by atoms with Gasteiger partial charge in [0.25, 0.3) is 5.69 Å². The van der Waals surface area contributed by atoms with E-state index < -0.39 is 0 Å². The maximum atomic E-state index is 11.1. The van der Waals surface area contributed by atoms with Crippen LogP contribution in [0.15, 0.2) is 42.7 Å². The minimum absolute atomic E-state index is 0.189. The summed E-state index contributed by atoms with van der Waals surface area (Å²) in [5, 5.41) is 14.5.